The molecule has 3 aromatic rings. The van der Waals surface area contributed by atoms with Crippen molar-refractivity contribution < 1.29 is 19.1 Å². The maximum absolute atomic E-state index is 12.9. The van der Waals surface area contributed by atoms with Crippen LogP contribution in [-0.2, 0) is 11.3 Å². The van der Waals surface area contributed by atoms with Gasteiger partial charge in [-0.15, -0.1) is 10.2 Å². The molecule has 0 bridgehead atoms. The van der Waals surface area contributed by atoms with Crippen LogP contribution in [0.2, 0.25) is 0 Å². The average Bonchev–Trinajstić information content (AvgIpc) is 3.28. The molecule has 1 atom stereocenters. The highest BCUT2D eigenvalue weighted by molar-refractivity contribution is 7.99. The second-order valence-electron chi connectivity index (χ2n) is 8.05. The zero-order valence-electron chi connectivity index (χ0n) is 20.6. The van der Waals surface area contributed by atoms with Gasteiger partial charge in [-0.25, -0.2) is 0 Å². The maximum atomic E-state index is 12.9. The third-order valence-corrected chi connectivity index (χ3v) is 6.33. The second-order valence-corrected chi connectivity index (χ2v) is 8.99. The summed E-state index contributed by atoms with van der Waals surface area (Å²) in [6.45, 7) is 6.61. The Morgan fingerprint density at radius 2 is 1.74 bits per heavy atom. The molecule has 0 radical (unpaired) electrons. The van der Waals surface area contributed by atoms with E-state index in [2.05, 4.69) is 20.8 Å². The van der Waals surface area contributed by atoms with Gasteiger partial charge in [-0.1, -0.05) is 37.7 Å². The van der Waals surface area contributed by atoms with E-state index in [-0.39, 0.29) is 29.5 Å². The van der Waals surface area contributed by atoms with Gasteiger partial charge in [-0.05, 0) is 49.2 Å². The number of benzene rings is 2. The quantitative estimate of drug-likeness (QED) is 0.383. The van der Waals surface area contributed by atoms with Crippen LogP contribution in [0, 0.1) is 5.92 Å². The monoisotopic (exact) mass is 497 g/mol. The molecule has 35 heavy (non-hydrogen) atoms. The molecule has 0 spiro atoms. The number of carbonyl (C=O) groups is 2. The van der Waals surface area contributed by atoms with Crippen LogP contribution in [0.25, 0.3) is 0 Å². The third-order valence-electron chi connectivity index (χ3n) is 5.36. The standard InChI is InChI=1S/C25H31N5O4S/c1-6-30-23(22(16(2)3)27-24(32)17-11-13-18(33-4)14-12-17)28-29-25(30)35-15-21(31)26-19-9-7-8-10-20(19)34-5/h7-14,16,22H,6,15H2,1-5H3,(H,26,31)(H,27,32)/t22-/m1/s1. The van der Waals surface area contributed by atoms with E-state index in [0.717, 1.165) is 0 Å². The van der Waals surface area contributed by atoms with Crippen molar-refractivity contribution in [3.05, 3.63) is 59.9 Å². The number of aromatic nitrogens is 3. The first-order valence-corrected chi connectivity index (χ1v) is 12.3. The van der Waals surface area contributed by atoms with Crippen LogP contribution in [0.15, 0.2) is 53.7 Å². The van der Waals surface area contributed by atoms with Gasteiger partial charge in [0.2, 0.25) is 5.91 Å². The van der Waals surface area contributed by atoms with Gasteiger partial charge in [-0.2, -0.15) is 0 Å². The molecule has 0 fully saturated rings. The molecule has 0 saturated carbocycles. The number of amides is 2. The smallest absolute Gasteiger partial charge is 0.251 e. The molecule has 0 saturated heterocycles. The number of nitrogens with zero attached hydrogens (tertiary/aromatic N) is 3. The normalized spacial score (nSPS) is 11.7. The SMILES string of the molecule is CCn1c(SCC(=O)Nc2ccccc2OC)nnc1[C@H](NC(=O)c1ccc(OC)cc1)C(C)C. The molecule has 186 valence electrons. The van der Waals surface area contributed by atoms with Crippen LogP contribution in [-0.4, -0.2) is 46.6 Å². The number of ether oxygens (including phenoxy) is 2. The highest BCUT2D eigenvalue weighted by atomic mass is 32.2. The van der Waals surface area contributed by atoms with Crippen LogP contribution >= 0.6 is 11.8 Å². The van der Waals surface area contributed by atoms with Crippen LogP contribution < -0.4 is 20.1 Å². The molecule has 9 nitrogen and oxygen atoms in total. The van der Waals surface area contributed by atoms with Gasteiger partial charge in [-0.3, -0.25) is 9.59 Å². The van der Waals surface area contributed by atoms with Crippen molar-refractivity contribution in [1.82, 2.24) is 20.1 Å². The Bertz CT molecular complexity index is 1150. The first kappa shape index (κ1) is 26.1. The van der Waals surface area contributed by atoms with Crippen molar-refractivity contribution in [2.45, 2.75) is 38.5 Å². The molecular formula is C25H31N5O4S. The minimum absolute atomic E-state index is 0.0680. The molecule has 2 aromatic carbocycles. The third kappa shape index (κ3) is 6.54. The molecular weight excluding hydrogens is 466 g/mol. The van der Waals surface area contributed by atoms with E-state index in [9.17, 15) is 9.59 Å². The molecule has 3 rings (SSSR count). The van der Waals surface area contributed by atoms with Gasteiger partial charge in [0, 0.05) is 12.1 Å². The molecule has 2 amide bonds. The van der Waals surface area contributed by atoms with Crippen molar-refractivity contribution in [3.8, 4) is 11.5 Å². The van der Waals surface area contributed by atoms with Crippen LogP contribution in [0.4, 0.5) is 5.69 Å². The van der Waals surface area contributed by atoms with E-state index in [1.807, 2.05) is 37.5 Å². The largest absolute Gasteiger partial charge is 0.497 e. The van der Waals surface area contributed by atoms with Crippen LogP contribution in [0.3, 0.4) is 0 Å². The number of rotatable bonds is 11. The molecule has 1 heterocycles. The number of carbonyl (C=O) groups excluding carboxylic acids is 2. The van der Waals surface area contributed by atoms with Gasteiger partial charge < -0.3 is 24.7 Å². The van der Waals surface area contributed by atoms with E-state index >= 15 is 0 Å². The van der Waals surface area contributed by atoms with E-state index in [4.69, 9.17) is 9.47 Å². The fourth-order valence-electron chi connectivity index (χ4n) is 3.49. The number of hydrogen-bond acceptors (Lipinski definition) is 7. The zero-order valence-corrected chi connectivity index (χ0v) is 21.4. The summed E-state index contributed by atoms with van der Waals surface area (Å²) in [4.78, 5) is 25.4. The summed E-state index contributed by atoms with van der Waals surface area (Å²) in [6, 6.07) is 13.8. The van der Waals surface area contributed by atoms with Gasteiger partial charge in [0.05, 0.1) is 31.7 Å². The minimum atomic E-state index is -0.353. The minimum Gasteiger partial charge on any atom is -0.497 e. The lowest BCUT2D eigenvalue weighted by Crippen LogP contribution is -2.33. The highest BCUT2D eigenvalue weighted by Gasteiger charge is 2.26. The molecule has 0 aliphatic heterocycles. The number of para-hydroxylation sites is 2. The number of thioether (sulfide) groups is 1. The molecule has 1 aromatic heterocycles. The molecule has 0 unspecified atom stereocenters. The van der Waals surface area contributed by atoms with E-state index in [1.165, 1.54) is 11.8 Å². The summed E-state index contributed by atoms with van der Waals surface area (Å²) in [5.41, 5.74) is 1.14. The zero-order chi connectivity index (χ0) is 25.4. The Balaban J connectivity index is 1.71. The van der Waals surface area contributed by atoms with Crippen molar-refractivity contribution >= 4 is 29.3 Å². The van der Waals surface area contributed by atoms with Gasteiger partial charge >= 0.3 is 0 Å². The fourth-order valence-corrected chi connectivity index (χ4v) is 4.30. The number of hydrogen-bond donors (Lipinski definition) is 2. The Hall–Kier alpha value is -3.53. The summed E-state index contributed by atoms with van der Waals surface area (Å²) in [5, 5.41) is 15.2. The summed E-state index contributed by atoms with van der Waals surface area (Å²) < 4.78 is 12.4. The van der Waals surface area contributed by atoms with Crippen LogP contribution in [0.5, 0.6) is 11.5 Å². The van der Waals surface area contributed by atoms with E-state index in [1.54, 1.807) is 50.6 Å². The highest BCUT2D eigenvalue weighted by Crippen LogP contribution is 2.27. The Morgan fingerprint density at radius 3 is 2.37 bits per heavy atom. The summed E-state index contributed by atoms with van der Waals surface area (Å²) in [6.07, 6.45) is 0. The second kappa shape index (κ2) is 12.3. The lowest BCUT2D eigenvalue weighted by molar-refractivity contribution is -0.113. The van der Waals surface area contributed by atoms with Gasteiger partial charge in [0.25, 0.3) is 5.91 Å². The maximum Gasteiger partial charge on any atom is 0.251 e. The molecule has 2 N–H and O–H groups in total. The van der Waals surface area contributed by atoms with Gasteiger partial charge in [0.1, 0.15) is 11.5 Å². The first-order valence-electron chi connectivity index (χ1n) is 11.3. The number of nitrogens with one attached hydrogen (secondary N) is 2. The predicted octanol–water partition coefficient (Wildman–Crippen LogP) is 4.17. The summed E-state index contributed by atoms with van der Waals surface area (Å²) in [7, 11) is 3.14. The lowest BCUT2D eigenvalue weighted by atomic mass is 10.0. The van der Waals surface area contributed by atoms with E-state index < -0.39 is 0 Å². The van der Waals surface area contributed by atoms with Crippen molar-refractivity contribution in [2.24, 2.45) is 5.92 Å². The topological polar surface area (TPSA) is 107 Å². The first-order chi connectivity index (χ1) is 16.9. The molecule has 0 aliphatic rings. The van der Waals surface area contributed by atoms with Gasteiger partial charge in [0.15, 0.2) is 11.0 Å². The molecule has 10 heteroatoms. The van der Waals surface area contributed by atoms with Crippen molar-refractivity contribution in [1.29, 1.82) is 0 Å². The Kier molecular flexibility index (Phi) is 9.13. The Labute approximate surface area is 209 Å². The van der Waals surface area contributed by atoms with Crippen molar-refractivity contribution in [2.75, 3.05) is 25.3 Å². The predicted molar refractivity (Wildman–Crippen MR) is 136 cm³/mol. The number of methoxy groups -OCH3 is 2. The summed E-state index contributed by atoms with van der Waals surface area (Å²) in [5.74, 6) is 1.76. The fraction of sp³-hybridized carbons (Fsp3) is 0.360. The van der Waals surface area contributed by atoms with Crippen molar-refractivity contribution in [3.63, 3.8) is 0 Å². The summed E-state index contributed by atoms with van der Waals surface area (Å²) >= 11 is 1.29. The Morgan fingerprint density at radius 1 is 1.03 bits per heavy atom. The molecule has 0 aliphatic carbocycles. The van der Waals surface area contributed by atoms with Crippen LogP contribution in [0.1, 0.15) is 43.0 Å². The average molecular weight is 498 g/mol. The lowest BCUT2D eigenvalue weighted by Gasteiger charge is -2.22. The number of anilines is 1. The van der Waals surface area contributed by atoms with E-state index in [0.29, 0.717) is 40.3 Å².